The normalized spacial score (nSPS) is 12.9. The summed E-state index contributed by atoms with van der Waals surface area (Å²) in [6.07, 6.45) is 1.56. The Morgan fingerprint density at radius 2 is 2.44 bits per heavy atom. The lowest BCUT2D eigenvalue weighted by Crippen LogP contribution is -2.17. The number of rotatable bonds is 3. The van der Waals surface area contributed by atoms with Gasteiger partial charge < -0.3 is 10.5 Å². The summed E-state index contributed by atoms with van der Waals surface area (Å²) in [6, 6.07) is 0. The number of hydrogen-bond acceptors (Lipinski definition) is 3. The average Bonchev–Trinajstić information content (AvgIpc) is 1.85. The molecule has 0 bridgehead atoms. The first kappa shape index (κ1) is 8.10. The summed E-state index contributed by atoms with van der Waals surface area (Å²) in [6.45, 7) is 2.10. The Morgan fingerprint density at radius 1 is 1.78 bits per heavy atom. The molecule has 0 rings (SSSR count). The zero-order chi connectivity index (χ0) is 7.11. The highest BCUT2D eigenvalue weighted by Crippen LogP contribution is 1.72. The van der Waals surface area contributed by atoms with Crippen molar-refractivity contribution in [2.75, 3.05) is 13.7 Å². The molecule has 0 aromatic rings. The van der Waals surface area contributed by atoms with Crippen LogP contribution in [0.1, 0.15) is 6.92 Å². The fourth-order valence-corrected chi connectivity index (χ4v) is 0.309. The number of methoxy groups -OCH3 is 1. The van der Waals surface area contributed by atoms with Crippen molar-refractivity contribution >= 4 is 12.1 Å². The van der Waals surface area contributed by atoms with Gasteiger partial charge in [-0.25, -0.2) is 0 Å². The van der Waals surface area contributed by atoms with Crippen LogP contribution in [0.4, 0.5) is 0 Å². The van der Waals surface area contributed by atoms with Gasteiger partial charge in [-0.05, 0) is 6.92 Å². The number of hydrogen-bond donors (Lipinski definition) is 1. The van der Waals surface area contributed by atoms with E-state index in [0.717, 1.165) is 0 Å². The number of nitrogens with zero attached hydrogens (tertiary/aromatic N) is 2. The van der Waals surface area contributed by atoms with Crippen molar-refractivity contribution in [2.45, 2.75) is 6.92 Å². The zero-order valence-corrected chi connectivity index (χ0v) is 5.66. The lowest BCUT2D eigenvalue weighted by molar-refractivity contribution is 0.244. The number of amidine groups is 1. The second-order valence-corrected chi connectivity index (χ2v) is 1.40. The molecule has 0 aliphatic rings. The lowest BCUT2D eigenvalue weighted by atomic mass is 10.7. The maximum absolute atomic E-state index is 5.28. The average molecular weight is 129 g/mol. The van der Waals surface area contributed by atoms with Crippen molar-refractivity contribution in [3.63, 3.8) is 0 Å². The minimum absolute atomic E-state index is 0.331. The monoisotopic (exact) mass is 129 g/mol. The molecule has 0 unspecified atom stereocenters. The highest BCUT2D eigenvalue weighted by atomic mass is 16.5. The van der Waals surface area contributed by atoms with Crippen LogP contribution in [0.2, 0.25) is 0 Å². The van der Waals surface area contributed by atoms with Crippen LogP contribution in [0.3, 0.4) is 0 Å². The van der Waals surface area contributed by atoms with Crippen molar-refractivity contribution < 1.29 is 4.74 Å². The molecule has 0 spiro atoms. The molecular formula is C5H11N3O. The molecule has 9 heavy (non-hydrogen) atoms. The van der Waals surface area contributed by atoms with Gasteiger partial charge in [0.1, 0.15) is 12.4 Å². The van der Waals surface area contributed by atoms with Gasteiger partial charge in [0.15, 0.2) is 0 Å². The van der Waals surface area contributed by atoms with Crippen LogP contribution in [-0.4, -0.2) is 25.8 Å². The molecule has 0 aromatic heterocycles. The van der Waals surface area contributed by atoms with E-state index in [2.05, 4.69) is 14.9 Å². The highest BCUT2D eigenvalue weighted by Gasteiger charge is 1.85. The van der Waals surface area contributed by atoms with Gasteiger partial charge in [-0.15, -0.1) is 5.10 Å². The highest BCUT2D eigenvalue weighted by molar-refractivity contribution is 5.81. The first-order chi connectivity index (χ1) is 4.31. The van der Waals surface area contributed by atoms with Crippen molar-refractivity contribution in [2.24, 2.45) is 15.9 Å². The molecule has 0 radical (unpaired) electrons. The third-order valence-electron chi connectivity index (χ3n) is 0.594. The smallest absolute Gasteiger partial charge is 0.148 e. The third kappa shape index (κ3) is 4.96. The lowest BCUT2D eigenvalue weighted by Gasteiger charge is -1.92. The van der Waals surface area contributed by atoms with E-state index >= 15 is 0 Å². The molecule has 4 heteroatoms. The second kappa shape index (κ2) is 5.24. The minimum Gasteiger partial charge on any atom is -0.384 e. The fourth-order valence-electron chi connectivity index (χ4n) is 0.309. The Labute approximate surface area is 54.4 Å². The van der Waals surface area contributed by atoms with Crippen molar-refractivity contribution in [1.29, 1.82) is 0 Å². The zero-order valence-electron chi connectivity index (χ0n) is 5.66. The number of ether oxygens (including phenoxy) is 1. The van der Waals surface area contributed by atoms with Crippen molar-refractivity contribution in [3.8, 4) is 0 Å². The predicted molar refractivity (Wildman–Crippen MR) is 37.7 cm³/mol. The third-order valence-corrected chi connectivity index (χ3v) is 0.594. The van der Waals surface area contributed by atoms with Gasteiger partial charge >= 0.3 is 0 Å². The molecule has 0 amide bonds. The molecule has 0 aliphatic carbocycles. The molecule has 0 fully saturated rings. The Bertz CT molecular complexity index is 119. The molecule has 52 valence electrons. The molecule has 0 aliphatic heterocycles. The summed E-state index contributed by atoms with van der Waals surface area (Å²) in [5.74, 6) is 0.385. The second-order valence-electron chi connectivity index (χ2n) is 1.40. The van der Waals surface area contributed by atoms with Crippen LogP contribution in [0, 0.1) is 0 Å². The molecule has 0 aromatic carbocycles. The Balaban J connectivity index is 3.55. The summed E-state index contributed by atoms with van der Waals surface area (Å²) < 4.78 is 4.67. The molecule has 0 saturated heterocycles. The van der Waals surface area contributed by atoms with Gasteiger partial charge in [0.05, 0.1) is 0 Å². The van der Waals surface area contributed by atoms with Crippen LogP contribution >= 0.6 is 0 Å². The van der Waals surface area contributed by atoms with Crippen LogP contribution in [0.15, 0.2) is 10.2 Å². The van der Waals surface area contributed by atoms with Crippen LogP contribution in [-0.2, 0) is 4.74 Å². The minimum atomic E-state index is 0.331. The molecule has 2 N–H and O–H groups in total. The fraction of sp³-hybridized carbons (Fsp3) is 0.600. The van der Waals surface area contributed by atoms with Crippen LogP contribution < -0.4 is 5.73 Å². The predicted octanol–water partition coefficient (Wildman–Crippen LogP) is -0.00430. The first-order valence-corrected chi connectivity index (χ1v) is 2.60. The Kier molecular flexibility index (Phi) is 4.72. The molecule has 4 nitrogen and oxygen atoms in total. The van der Waals surface area contributed by atoms with E-state index < -0.39 is 0 Å². The van der Waals surface area contributed by atoms with E-state index in [9.17, 15) is 0 Å². The van der Waals surface area contributed by atoms with Gasteiger partial charge in [-0.1, -0.05) is 0 Å². The van der Waals surface area contributed by atoms with Gasteiger partial charge in [-0.2, -0.15) is 5.10 Å². The van der Waals surface area contributed by atoms with Gasteiger partial charge in [0.25, 0.3) is 0 Å². The van der Waals surface area contributed by atoms with E-state index in [1.54, 1.807) is 20.2 Å². The summed E-state index contributed by atoms with van der Waals surface area (Å²) in [7, 11) is 1.55. The van der Waals surface area contributed by atoms with Gasteiger partial charge in [0, 0.05) is 13.3 Å². The summed E-state index contributed by atoms with van der Waals surface area (Å²) in [4.78, 5) is 0. The molecule has 0 saturated carbocycles. The van der Waals surface area contributed by atoms with Crippen LogP contribution in [0.5, 0.6) is 0 Å². The summed E-state index contributed by atoms with van der Waals surface area (Å²) in [5, 5.41) is 7.12. The SMILES string of the molecule is CC=NN=C(N)COC. The quantitative estimate of drug-likeness (QED) is 0.331. The summed E-state index contributed by atoms with van der Waals surface area (Å²) in [5.41, 5.74) is 5.28. The van der Waals surface area contributed by atoms with Gasteiger partial charge in [0.2, 0.25) is 0 Å². The van der Waals surface area contributed by atoms with Crippen LogP contribution in [0.25, 0.3) is 0 Å². The molecule has 0 heterocycles. The standard InChI is InChI=1S/C5H11N3O/c1-3-7-8-5(6)4-9-2/h3H,4H2,1-2H3,(H2,6,8). The Morgan fingerprint density at radius 3 is 2.89 bits per heavy atom. The van der Waals surface area contributed by atoms with Gasteiger partial charge in [-0.3, -0.25) is 0 Å². The van der Waals surface area contributed by atoms with E-state index in [4.69, 9.17) is 5.73 Å². The van der Waals surface area contributed by atoms with E-state index in [1.165, 1.54) is 0 Å². The number of nitrogens with two attached hydrogens (primary N) is 1. The van der Waals surface area contributed by atoms with Crippen molar-refractivity contribution in [3.05, 3.63) is 0 Å². The maximum atomic E-state index is 5.28. The summed E-state index contributed by atoms with van der Waals surface area (Å²) >= 11 is 0. The van der Waals surface area contributed by atoms with E-state index in [1.807, 2.05) is 0 Å². The first-order valence-electron chi connectivity index (χ1n) is 2.60. The topological polar surface area (TPSA) is 60.0 Å². The largest absolute Gasteiger partial charge is 0.384 e. The van der Waals surface area contributed by atoms with E-state index in [-0.39, 0.29) is 0 Å². The molecule has 0 atom stereocenters. The van der Waals surface area contributed by atoms with E-state index in [0.29, 0.717) is 12.4 Å². The Hall–Kier alpha value is -0.900. The van der Waals surface area contributed by atoms with Crippen molar-refractivity contribution in [1.82, 2.24) is 0 Å². The molecular weight excluding hydrogens is 118 g/mol. The maximum Gasteiger partial charge on any atom is 0.148 e.